The van der Waals surface area contributed by atoms with Gasteiger partial charge in [0.25, 0.3) is 0 Å². The first-order chi connectivity index (χ1) is 10.7. The molecule has 0 aliphatic rings. The fourth-order valence-electron chi connectivity index (χ4n) is 2.39. The summed E-state index contributed by atoms with van der Waals surface area (Å²) in [7, 11) is 1.58. The molecule has 22 heavy (non-hydrogen) atoms. The van der Waals surface area contributed by atoms with Gasteiger partial charge in [-0.3, -0.25) is 4.90 Å². The van der Waals surface area contributed by atoms with Crippen molar-refractivity contribution in [3.8, 4) is 11.5 Å². The van der Waals surface area contributed by atoms with E-state index in [1.807, 2.05) is 30.3 Å². The van der Waals surface area contributed by atoms with Crippen molar-refractivity contribution in [1.82, 2.24) is 4.90 Å². The molecular formula is C18H23NO3. The molecule has 0 unspecified atom stereocenters. The number of aromatic hydroxyl groups is 1. The van der Waals surface area contributed by atoms with Crippen molar-refractivity contribution >= 4 is 0 Å². The van der Waals surface area contributed by atoms with Crippen LogP contribution in [0, 0.1) is 0 Å². The van der Waals surface area contributed by atoms with E-state index in [1.165, 1.54) is 5.56 Å². The lowest BCUT2D eigenvalue weighted by molar-refractivity contribution is 0.190. The Bertz CT molecular complexity index is 572. The highest BCUT2D eigenvalue weighted by Gasteiger charge is 2.10. The molecule has 118 valence electrons. The monoisotopic (exact) mass is 301 g/mol. The average molecular weight is 301 g/mol. The summed E-state index contributed by atoms with van der Waals surface area (Å²) in [4.78, 5) is 2.13. The Morgan fingerprint density at radius 2 is 1.82 bits per heavy atom. The molecule has 0 aliphatic carbocycles. The Morgan fingerprint density at radius 1 is 1.05 bits per heavy atom. The van der Waals surface area contributed by atoms with Crippen LogP contribution in [0.3, 0.4) is 0 Å². The first-order valence-corrected chi connectivity index (χ1v) is 7.46. The second-order valence-electron chi connectivity index (χ2n) is 5.23. The number of aliphatic hydroxyl groups is 1. The van der Waals surface area contributed by atoms with E-state index in [2.05, 4.69) is 17.0 Å². The molecule has 0 saturated carbocycles. The van der Waals surface area contributed by atoms with Crippen molar-refractivity contribution in [2.45, 2.75) is 13.0 Å². The molecule has 4 nitrogen and oxygen atoms in total. The summed E-state index contributed by atoms with van der Waals surface area (Å²) in [5, 5.41) is 19.3. The van der Waals surface area contributed by atoms with E-state index in [-0.39, 0.29) is 12.4 Å². The second kappa shape index (κ2) is 8.41. The Hall–Kier alpha value is -2.04. The molecule has 0 radical (unpaired) electrons. The van der Waals surface area contributed by atoms with Gasteiger partial charge in [-0.05, 0) is 18.1 Å². The molecule has 0 atom stereocenters. The van der Waals surface area contributed by atoms with Crippen LogP contribution < -0.4 is 4.74 Å². The molecule has 0 aliphatic heterocycles. The van der Waals surface area contributed by atoms with Gasteiger partial charge in [0, 0.05) is 31.3 Å². The highest BCUT2D eigenvalue weighted by molar-refractivity contribution is 5.39. The van der Waals surface area contributed by atoms with Crippen LogP contribution in [-0.4, -0.2) is 41.9 Å². The molecule has 2 aromatic rings. The number of aliphatic hydroxyl groups excluding tert-OH is 1. The van der Waals surface area contributed by atoms with E-state index >= 15 is 0 Å². The lowest BCUT2D eigenvalue weighted by Gasteiger charge is -2.22. The van der Waals surface area contributed by atoms with Gasteiger partial charge in [-0.25, -0.2) is 0 Å². The smallest absolute Gasteiger partial charge is 0.123 e. The number of phenols is 1. The average Bonchev–Trinajstić information content (AvgIpc) is 2.55. The van der Waals surface area contributed by atoms with Gasteiger partial charge in [-0.15, -0.1) is 0 Å². The summed E-state index contributed by atoms with van der Waals surface area (Å²) in [5.74, 6) is 0.862. The third kappa shape index (κ3) is 4.76. The van der Waals surface area contributed by atoms with Crippen LogP contribution in [0.2, 0.25) is 0 Å². The van der Waals surface area contributed by atoms with E-state index in [0.717, 1.165) is 18.5 Å². The van der Waals surface area contributed by atoms with Gasteiger partial charge in [0.1, 0.15) is 11.5 Å². The lowest BCUT2D eigenvalue weighted by Crippen LogP contribution is -2.28. The van der Waals surface area contributed by atoms with E-state index in [9.17, 15) is 10.2 Å². The number of rotatable bonds is 8. The molecular weight excluding hydrogens is 278 g/mol. The number of methoxy groups -OCH3 is 1. The highest BCUT2D eigenvalue weighted by Crippen LogP contribution is 2.24. The molecule has 0 amide bonds. The zero-order valence-corrected chi connectivity index (χ0v) is 12.9. The fraction of sp³-hybridized carbons (Fsp3) is 0.333. The van der Waals surface area contributed by atoms with Crippen LogP contribution in [0.4, 0.5) is 0 Å². The van der Waals surface area contributed by atoms with Crippen molar-refractivity contribution in [1.29, 1.82) is 0 Å². The van der Waals surface area contributed by atoms with Crippen LogP contribution in [0.1, 0.15) is 11.1 Å². The van der Waals surface area contributed by atoms with Gasteiger partial charge in [0.05, 0.1) is 13.7 Å². The van der Waals surface area contributed by atoms with Gasteiger partial charge in [-0.1, -0.05) is 36.4 Å². The molecule has 2 N–H and O–H groups in total. The van der Waals surface area contributed by atoms with Crippen LogP contribution in [0.25, 0.3) is 0 Å². The minimum absolute atomic E-state index is 0.103. The number of hydrogen-bond donors (Lipinski definition) is 2. The van der Waals surface area contributed by atoms with Gasteiger partial charge in [0.15, 0.2) is 0 Å². The Balaban J connectivity index is 1.99. The van der Waals surface area contributed by atoms with Crippen LogP contribution in [0.5, 0.6) is 11.5 Å². The molecule has 0 aromatic heterocycles. The maximum atomic E-state index is 10.1. The third-order valence-corrected chi connectivity index (χ3v) is 3.66. The summed E-state index contributed by atoms with van der Waals surface area (Å²) in [6.07, 6.45) is 0.914. The molecule has 0 saturated heterocycles. The maximum absolute atomic E-state index is 10.1. The molecule has 0 bridgehead atoms. The second-order valence-corrected chi connectivity index (χ2v) is 5.23. The minimum atomic E-state index is 0.103. The van der Waals surface area contributed by atoms with Gasteiger partial charge >= 0.3 is 0 Å². The molecule has 2 rings (SSSR count). The standard InChI is InChI=1S/C18H23NO3/c1-22-17-8-7-16(18(21)13-17)14-19(11-12-20)10-9-15-5-3-2-4-6-15/h2-8,13,20-21H,9-12,14H2,1H3. The van der Waals surface area contributed by atoms with Gasteiger partial charge in [-0.2, -0.15) is 0 Å². The van der Waals surface area contributed by atoms with Crippen molar-refractivity contribution in [3.05, 3.63) is 59.7 Å². The predicted molar refractivity (Wildman–Crippen MR) is 87.2 cm³/mol. The molecule has 4 heteroatoms. The SMILES string of the molecule is COc1ccc(CN(CCO)CCc2ccccc2)c(O)c1. The van der Waals surface area contributed by atoms with Crippen LogP contribution in [-0.2, 0) is 13.0 Å². The van der Waals surface area contributed by atoms with Crippen molar-refractivity contribution < 1.29 is 14.9 Å². The fourth-order valence-corrected chi connectivity index (χ4v) is 2.39. The molecule has 0 spiro atoms. The Kier molecular flexibility index (Phi) is 6.25. The minimum Gasteiger partial charge on any atom is -0.507 e. The Labute approximate surface area is 131 Å². The first-order valence-electron chi connectivity index (χ1n) is 7.46. The molecule has 0 fully saturated rings. The van der Waals surface area contributed by atoms with Crippen molar-refractivity contribution in [3.63, 3.8) is 0 Å². The van der Waals surface area contributed by atoms with E-state index in [4.69, 9.17) is 4.74 Å². The topological polar surface area (TPSA) is 52.9 Å². The summed E-state index contributed by atoms with van der Waals surface area (Å²) in [6, 6.07) is 15.6. The van der Waals surface area contributed by atoms with Crippen LogP contribution >= 0.6 is 0 Å². The zero-order valence-electron chi connectivity index (χ0n) is 12.9. The first kappa shape index (κ1) is 16.3. The largest absolute Gasteiger partial charge is 0.507 e. The highest BCUT2D eigenvalue weighted by atomic mass is 16.5. The lowest BCUT2D eigenvalue weighted by atomic mass is 10.1. The van der Waals surface area contributed by atoms with Crippen molar-refractivity contribution in [2.24, 2.45) is 0 Å². The molecule has 2 aromatic carbocycles. The quantitative estimate of drug-likeness (QED) is 0.786. The number of ether oxygens (including phenoxy) is 1. The summed E-state index contributed by atoms with van der Waals surface area (Å²) in [5.41, 5.74) is 2.10. The number of hydrogen-bond acceptors (Lipinski definition) is 4. The number of nitrogens with zero attached hydrogens (tertiary/aromatic N) is 1. The Morgan fingerprint density at radius 3 is 2.45 bits per heavy atom. The zero-order chi connectivity index (χ0) is 15.8. The third-order valence-electron chi connectivity index (χ3n) is 3.66. The van der Waals surface area contributed by atoms with Crippen molar-refractivity contribution in [2.75, 3.05) is 26.8 Å². The van der Waals surface area contributed by atoms with Crippen LogP contribution in [0.15, 0.2) is 48.5 Å². The number of phenolic OH excluding ortho intramolecular Hbond substituents is 1. The predicted octanol–water partition coefficient (Wildman–Crippen LogP) is 2.44. The van der Waals surface area contributed by atoms with E-state index in [0.29, 0.717) is 18.8 Å². The normalized spacial score (nSPS) is 10.9. The van der Waals surface area contributed by atoms with E-state index < -0.39 is 0 Å². The van der Waals surface area contributed by atoms with Gasteiger partial charge in [0.2, 0.25) is 0 Å². The molecule has 0 heterocycles. The number of benzene rings is 2. The van der Waals surface area contributed by atoms with E-state index in [1.54, 1.807) is 13.2 Å². The van der Waals surface area contributed by atoms with Gasteiger partial charge < -0.3 is 14.9 Å². The summed E-state index contributed by atoms with van der Waals surface area (Å²) < 4.78 is 5.09. The summed E-state index contributed by atoms with van der Waals surface area (Å²) in [6.45, 7) is 2.11. The maximum Gasteiger partial charge on any atom is 0.123 e. The summed E-state index contributed by atoms with van der Waals surface area (Å²) >= 11 is 0.